The van der Waals surface area contributed by atoms with Gasteiger partial charge in [0.2, 0.25) is 5.91 Å². The van der Waals surface area contributed by atoms with Gasteiger partial charge >= 0.3 is 12.4 Å². The summed E-state index contributed by atoms with van der Waals surface area (Å²) < 4.78 is 78.1. The van der Waals surface area contributed by atoms with Crippen molar-refractivity contribution in [3.05, 3.63) is 34.9 Å². The van der Waals surface area contributed by atoms with Gasteiger partial charge in [0.25, 0.3) is 5.91 Å². The second kappa shape index (κ2) is 10.5. The number of nitrogens with zero attached hydrogens (tertiary/aromatic N) is 2. The highest BCUT2D eigenvalue weighted by Gasteiger charge is 2.37. The minimum Gasteiger partial charge on any atom is -0.352 e. The van der Waals surface area contributed by atoms with E-state index in [0.29, 0.717) is 50.5 Å². The van der Waals surface area contributed by atoms with E-state index in [2.05, 4.69) is 12.2 Å². The molecule has 1 aromatic carbocycles. The number of halogens is 6. The number of hydrogen-bond donors (Lipinski definition) is 1. The smallest absolute Gasteiger partial charge is 0.352 e. The molecule has 0 saturated carbocycles. The zero-order chi connectivity index (χ0) is 25.1. The van der Waals surface area contributed by atoms with Gasteiger partial charge < -0.3 is 10.2 Å². The quantitative estimate of drug-likeness (QED) is 0.618. The first kappa shape index (κ1) is 26.3. The molecule has 3 rings (SSSR count). The fraction of sp³-hybridized carbons (Fsp3) is 0.652. The fourth-order valence-corrected chi connectivity index (χ4v) is 4.48. The summed E-state index contributed by atoms with van der Waals surface area (Å²) in [6, 6.07) is 0.860. The number of rotatable bonds is 5. The Balaban J connectivity index is 1.51. The number of amides is 2. The third-order valence-electron chi connectivity index (χ3n) is 6.48. The summed E-state index contributed by atoms with van der Waals surface area (Å²) in [5.41, 5.74) is -3.72. The number of hydrogen-bond acceptors (Lipinski definition) is 3. The molecule has 0 spiro atoms. The molecule has 190 valence electrons. The topological polar surface area (TPSA) is 52.7 Å². The summed E-state index contributed by atoms with van der Waals surface area (Å²) >= 11 is 0. The second-order valence-corrected chi connectivity index (χ2v) is 9.31. The third-order valence-corrected chi connectivity index (χ3v) is 6.48. The zero-order valence-corrected chi connectivity index (χ0v) is 18.9. The van der Waals surface area contributed by atoms with Gasteiger partial charge in [-0.25, -0.2) is 0 Å². The molecule has 2 saturated heterocycles. The molecule has 5 nitrogen and oxygen atoms in total. The first-order valence-corrected chi connectivity index (χ1v) is 11.4. The Bertz CT molecular complexity index is 846. The number of alkyl halides is 6. The monoisotopic (exact) mass is 493 g/mol. The molecule has 2 amide bonds. The number of carbonyl (C=O) groups excluding carboxylic acids is 2. The van der Waals surface area contributed by atoms with Crippen LogP contribution in [0.4, 0.5) is 26.3 Å². The normalized spacial score (nSPS) is 20.9. The summed E-state index contributed by atoms with van der Waals surface area (Å²) in [5.74, 6) is -0.356. The molecular formula is C23H29F6N3O2. The van der Waals surface area contributed by atoms with Gasteiger partial charge in [-0.15, -0.1) is 0 Å². The van der Waals surface area contributed by atoms with Crippen molar-refractivity contribution in [3.63, 3.8) is 0 Å². The summed E-state index contributed by atoms with van der Waals surface area (Å²) in [7, 11) is 0. The first-order chi connectivity index (χ1) is 15.8. The summed E-state index contributed by atoms with van der Waals surface area (Å²) in [6.07, 6.45) is -6.55. The van der Waals surface area contributed by atoms with Crippen LogP contribution in [-0.4, -0.2) is 60.9 Å². The Morgan fingerprint density at radius 2 is 1.53 bits per heavy atom. The van der Waals surface area contributed by atoms with E-state index < -0.39 is 35.0 Å². The van der Waals surface area contributed by atoms with E-state index in [1.165, 1.54) is 0 Å². The summed E-state index contributed by atoms with van der Waals surface area (Å²) in [6.45, 7) is 5.42. The van der Waals surface area contributed by atoms with Gasteiger partial charge in [0.05, 0.1) is 17.7 Å². The predicted octanol–water partition coefficient (Wildman–Crippen LogP) is 4.42. The standard InChI is InChI=1S/C23H29F6N3O2/c1-15-3-2-6-32(13-15)20(33)14-31-7-4-16(5-8-31)12-30-21(34)17-9-18(22(24,25)26)11-19(10-17)23(27,28)29/h9-11,15-16H,2-8,12-14H2,1H3,(H,30,34). The van der Waals surface area contributed by atoms with Crippen LogP contribution in [0.2, 0.25) is 0 Å². The van der Waals surface area contributed by atoms with Crippen LogP contribution >= 0.6 is 0 Å². The molecule has 34 heavy (non-hydrogen) atoms. The van der Waals surface area contributed by atoms with Crippen LogP contribution in [0.25, 0.3) is 0 Å². The predicted molar refractivity (Wildman–Crippen MR) is 113 cm³/mol. The maximum absolute atomic E-state index is 13.0. The largest absolute Gasteiger partial charge is 0.416 e. The Hall–Kier alpha value is -2.30. The Morgan fingerprint density at radius 3 is 2.06 bits per heavy atom. The van der Waals surface area contributed by atoms with E-state index in [0.717, 1.165) is 25.9 Å². The van der Waals surface area contributed by atoms with Gasteiger partial charge in [-0.3, -0.25) is 14.5 Å². The van der Waals surface area contributed by atoms with Crippen molar-refractivity contribution in [1.29, 1.82) is 0 Å². The van der Waals surface area contributed by atoms with Crippen molar-refractivity contribution in [3.8, 4) is 0 Å². The Morgan fingerprint density at radius 1 is 0.941 bits per heavy atom. The lowest BCUT2D eigenvalue weighted by molar-refractivity contribution is -0.143. The number of benzene rings is 1. The van der Waals surface area contributed by atoms with Gasteiger partial charge in [-0.05, 0) is 68.8 Å². The van der Waals surface area contributed by atoms with Gasteiger partial charge in [0, 0.05) is 25.2 Å². The molecular weight excluding hydrogens is 464 g/mol. The van der Waals surface area contributed by atoms with Crippen molar-refractivity contribution >= 4 is 11.8 Å². The maximum Gasteiger partial charge on any atom is 0.416 e. The molecule has 1 atom stereocenters. The van der Waals surface area contributed by atoms with Crippen LogP contribution < -0.4 is 5.32 Å². The first-order valence-electron chi connectivity index (χ1n) is 11.4. The van der Waals surface area contributed by atoms with Gasteiger partial charge in [0.1, 0.15) is 0 Å². The van der Waals surface area contributed by atoms with Crippen molar-refractivity contribution in [2.75, 3.05) is 39.3 Å². The van der Waals surface area contributed by atoms with Gasteiger partial charge in [-0.2, -0.15) is 26.3 Å². The molecule has 0 radical (unpaired) electrons. The van der Waals surface area contributed by atoms with Gasteiger partial charge in [0.15, 0.2) is 0 Å². The number of piperidine rings is 2. The van der Waals surface area contributed by atoms with E-state index in [4.69, 9.17) is 0 Å². The molecule has 0 aliphatic carbocycles. The van der Waals surface area contributed by atoms with Crippen LogP contribution in [-0.2, 0) is 17.1 Å². The molecule has 1 unspecified atom stereocenters. The second-order valence-electron chi connectivity index (χ2n) is 9.31. The molecule has 2 heterocycles. The van der Waals surface area contributed by atoms with E-state index in [1.54, 1.807) is 0 Å². The molecule has 2 aliphatic rings. The average Bonchev–Trinajstić information content (AvgIpc) is 2.77. The van der Waals surface area contributed by atoms with Gasteiger partial charge in [-0.1, -0.05) is 6.92 Å². The minimum atomic E-state index is -5.01. The molecule has 1 aromatic rings. The molecule has 1 N–H and O–H groups in total. The van der Waals surface area contributed by atoms with Crippen LogP contribution in [0.15, 0.2) is 18.2 Å². The lowest BCUT2D eigenvalue weighted by Crippen LogP contribution is -2.47. The van der Waals surface area contributed by atoms with Crippen molar-refractivity contribution in [2.45, 2.75) is 45.0 Å². The van der Waals surface area contributed by atoms with E-state index in [1.807, 2.05) is 9.80 Å². The molecule has 0 aromatic heterocycles. The highest BCUT2D eigenvalue weighted by molar-refractivity contribution is 5.94. The van der Waals surface area contributed by atoms with E-state index in [-0.39, 0.29) is 24.4 Å². The number of likely N-dealkylation sites (tertiary alicyclic amines) is 2. The molecule has 11 heteroatoms. The van der Waals surface area contributed by atoms with Crippen LogP contribution in [0.5, 0.6) is 0 Å². The molecule has 2 aliphatic heterocycles. The van der Waals surface area contributed by atoms with Crippen LogP contribution in [0, 0.1) is 11.8 Å². The average molecular weight is 493 g/mol. The van der Waals surface area contributed by atoms with Crippen molar-refractivity contribution in [1.82, 2.24) is 15.1 Å². The lowest BCUT2D eigenvalue weighted by atomic mass is 9.96. The van der Waals surface area contributed by atoms with E-state index in [9.17, 15) is 35.9 Å². The minimum absolute atomic E-state index is 0.00165. The number of carbonyl (C=O) groups is 2. The highest BCUT2D eigenvalue weighted by atomic mass is 19.4. The van der Waals surface area contributed by atoms with Crippen molar-refractivity contribution in [2.24, 2.45) is 11.8 Å². The van der Waals surface area contributed by atoms with Crippen molar-refractivity contribution < 1.29 is 35.9 Å². The van der Waals surface area contributed by atoms with E-state index >= 15 is 0 Å². The number of nitrogens with one attached hydrogen (secondary N) is 1. The summed E-state index contributed by atoms with van der Waals surface area (Å²) in [5, 5.41) is 2.47. The fourth-order valence-electron chi connectivity index (χ4n) is 4.48. The molecule has 0 bridgehead atoms. The molecule has 2 fully saturated rings. The zero-order valence-electron chi connectivity index (χ0n) is 18.9. The van der Waals surface area contributed by atoms with Crippen LogP contribution in [0.3, 0.4) is 0 Å². The Kier molecular flexibility index (Phi) is 8.15. The Labute approximate surface area is 194 Å². The van der Waals surface area contributed by atoms with Crippen LogP contribution in [0.1, 0.15) is 54.1 Å². The SMILES string of the molecule is CC1CCCN(C(=O)CN2CCC(CNC(=O)c3cc(C(F)(F)F)cc(C(F)(F)F)c3)CC2)C1. The highest BCUT2D eigenvalue weighted by Crippen LogP contribution is 2.36. The maximum atomic E-state index is 13.0. The summed E-state index contributed by atoms with van der Waals surface area (Å²) in [4.78, 5) is 28.8. The third kappa shape index (κ3) is 7.10. The lowest BCUT2D eigenvalue weighted by Gasteiger charge is -2.35.